The van der Waals surface area contributed by atoms with Crippen molar-refractivity contribution in [1.29, 1.82) is 0 Å². The number of ketones is 1. The molecule has 0 saturated carbocycles. The number of benzene rings is 1. The van der Waals surface area contributed by atoms with E-state index in [1.165, 1.54) is 16.2 Å². The van der Waals surface area contributed by atoms with E-state index >= 15 is 0 Å². The second kappa shape index (κ2) is 5.76. The smallest absolute Gasteiger partial charge is 0.264 e. The fraction of sp³-hybridized carbons (Fsp3) is 0.222. The highest BCUT2D eigenvalue weighted by Gasteiger charge is 2.50. The van der Waals surface area contributed by atoms with Gasteiger partial charge in [-0.2, -0.15) is 0 Å². The van der Waals surface area contributed by atoms with Crippen LogP contribution in [0, 0.1) is 0 Å². The summed E-state index contributed by atoms with van der Waals surface area (Å²) in [7, 11) is 0. The van der Waals surface area contributed by atoms with Gasteiger partial charge >= 0.3 is 0 Å². The molecular weight excluding hydrogens is 310 g/mol. The zero-order valence-electron chi connectivity index (χ0n) is 12.8. The number of carbonyl (C=O) groups excluding carboxylic acids is 2. The Labute approximate surface area is 138 Å². The van der Waals surface area contributed by atoms with Gasteiger partial charge in [-0.3, -0.25) is 9.59 Å². The van der Waals surface area contributed by atoms with Gasteiger partial charge in [0.25, 0.3) is 5.91 Å². The maximum absolute atomic E-state index is 12.8. The Hall–Kier alpha value is -2.24. The number of anilines is 1. The van der Waals surface area contributed by atoms with Gasteiger partial charge in [0.15, 0.2) is 11.4 Å². The van der Waals surface area contributed by atoms with Crippen molar-refractivity contribution in [2.75, 3.05) is 11.4 Å². The molecule has 23 heavy (non-hydrogen) atoms. The summed E-state index contributed by atoms with van der Waals surface area (Å²) in [6, 6.07) is 10.5. The Morgan fingerprint density at radius 2 is 2.04 bits per heavy atom. The Balaban J connectivity index is 1.99. The predicted octanol–water partition coefficient (Wildman–Crippen LogP) is 3.13. The van der Waals surface area contributed by atoms with Crippen molar-refractivity contribution in [3.63, 3.8) is 0 Å². The third-order valence-electron chi connectivity index (χ3n) is 3.88. The van der Waals surface area contributed by atoms with Crippen molar-refractivity contribution in [1.82, 2.24) is 0 Å². The van der Waals surface area contributed by atoms with Crippen LogP contribution in [0.1, 0.15) is 28.6 Å². The summed E-state index contributed by atoms with van der Waals surface area (Å²) in [6.45, 7) is 5.98. The van der Waals surface area contributed by atoms with Crippen LogP contribution in [-0.2, 0) is 10.4 Å². The zero-order chi connectivity index (χ0) is 16.6. The molecule has 4 nitrogen and oxygen atoms in total. The van der Waals surface area contributed by atoms with Crippen LogP contribution in [0.2, 0.25) is 0 Å². The van der Waals surface area contributed by atoms with E-state index in [1.807, 2.05) is 13.0 Å². The molecule has 5 heteroatoms. The minimum Gasteiger partial charge on any atom is -0.375 e. The molecule has 0 fully saturated rings. The topological polar surface area (TPSA) is 57.6 Å². The van der Waals surface area contributed by atoms with Crippen LogP contribution in [0.15, 0.2) is 53.9 Å². The number of thiophene rings is 1. The first-order valence-electron chi connectivity index (χ1n) is 7.28. The van der Waals surface area contributed by atoms with Gasteiger partial charge in [0.05, 0.1) is 17.0 Å². The lowest BCUT2D eigenvalue weighted by atomic mass is 9.89. The first-order valence-corrected chi connectivity index (χ1v) is 8.16. The molecule has 2 aromatic rings. The number of carbonyl (C=O) groups is 2. The molecule has 0 saturated heterocycles. The molecule has 1 aliphatic rings. The van der Waals surface area contributed by atoms with Gasteiger partial charge in [-0.1, -0.05) is 36.4 Å². The van der Waals surface area contributed by atoms with Gasteiger partial charge < -0.3 is 10.0 Å². The maximum atomic E-state index is 12.8. The zero-order valence-corrected chi connectivity index (χ0v) is 13.6. The highest BCUT2D eigenvalue weighted by atomic mass is 32.1. The minimum atomic E-state index is -1.81. The third kappa shape index (κ3) is 2.62. The molecule has 1 atom stereocenters. The van der Waals surface area contributed by atoms with Crippen LogP contribution >= 0.6 is 11.3 Å². The van der Waals surface area contributed by atoms with E-state index in [-0.39, 0.29) is 12.2 Å². The molecule has 1 aromatic carbocycles. The van der Waals surface area contributed by atoms with Crippen LogP contribution in [0.3, 0.4) is 0 Å². The van der Waals surface area contributed by atoms with Crippen molar-refractivity contribution >= 4 is 28.7 Å². The SMILES string of the molecule is C=C(C)CN1C(=O)C(O)(CC(=O)c2cccs2)c2ccccc21. The molecule has 1 N–H and O–H groups in total. The number of aliphatic hydroxyl groups is 1. The van der Waals surface area contributed by atoms with Crippen LogP contribution in [0.5, 0.6) is 0 Å². The number of nitrogens with zero attached hydrogens (tertiary/aromatic N) is 1. The largest absolute Gasteiger partial charge is 0.375 e. The molecular formula is C18H17NO3S. The van der Waals surface area contributed by atoms with Crippen molar-refractivity contribution in [3.05, 3.63) is 64.4 Å². The lowest BCUT2D eigenvalue weighted by molar-refractivity contribution is -0.135. The second-order valence-corrected chi connectivity index (χ2v) is 6.75. The normalized spacial score (nSPS) is 19.7. The number of para-hydroxylation sites is 1. The number of rotatable bonds is 5. The van der Waals surface area contributed by atoms with E-state index in [4.69, 9.17) is 0 Å². The van der Waals surface area contributed by atoms with E-state index in [0.29, 0.717) is 22.7 Å². The molecule has 1 amide bonds. The third-order valence-corrected chi connectivity index (χ3v) is 4.79. The standard InChI is InChI=1S/C18H17NO3S/c1-12(2)11-19-14-7-4-3-6-13(14)18(22,17(19)21)10-15(20)16-8-5-9-23-16/h3-9,22H,1,10-11H2,2H3. The first kappa shape index (κ1) is 15.6. The average molecular weight is 327 g/mol. The van der Waals surface area contributed by atoms with Gasteiger partial charge in [0, 0.05) is 12.1 Å². The highest BCUT2D eigenvalue weighted by molar-refractivity contribution is 7.12. The molecule has 1 aliphatic heterocycles. The molecule has 3 rings (SSSR count). The summed E-state index contributed by atoms with van der Waals surface area (Å²) in [5.41, 5.74) is 0.118. The van der Waals surface area contributed by atoms with Crippen LogP contribution in [0.4, 0.5) is 5.69 Å². The quantitative estimate of drug-likeness (QED) is 0.678. The van der Waals surface area contributed by atoms with E-state index in [1.54, 1.807) is 35.7 Å². The number of amides is 1. The Morgan fingerprint density at radius 1 is 1.30 bits per heavy atom. The summed E-state index contributed by atoms with van der Waals surface area (Å²) in [5, 5.41) is 12.8. The summed E-state index contributed by atoms with van der Waals surface area (Å²) in [5.74, 6) is -0.700. The van der Waals surface area contributed by atoms with Crippen molar-refractivity contribution in [2.45, 2.75) is 18.9 Å². The van der Waals surface area contributed by atoms with Crippen molar-refractivity contribution < 1.29 is 14.7 Å². The van der Waals surface area contributed by atoms with Crippen molar-refractivity contribution in [2.24, 2.45) is 0 Å². The fourth-order valence-electron chi connectivity index (χ4n) is 2.86. The van der Waals surface area contributed by atoms with Crippen LogP contribution in [0.25, 0.3) is 0 Å². The van der Waals surface area contributed by atoms with Crippen LogP contribution < -0.4 is 4.90 Å². The van der Waals surface area contributed by atoms with Gasteiger partial charge in [0.1, 0.15) is 0 Å². The average Bonchev–Trinajstić information content (AvgIpc) is 3.11. The van der Waals surface area contributed by atoms with E-state index in [9.17, 15) is 14.7 Å². The number of Topliss-reactive ketones (excluding diaryl/α,β-unsaturated/α-hetero) is 1. The molecule has 0 radical (unpaired) electrons. The summed E-state index contributed by atoms with van der Waals surface area (Å²) in [4.78, 5) is 27.3. The maximum Gasteiger partial charge on any atom is 0.264 e. The lowest BCUT2D eigenvalue weighted by Gasteiger charge is -2.22. The fourth-order valence-corrected chi connectivity index (χ4v) is 3.53. The second-order valence-electron chi connectivity index (χ2n) is 5.80. The summed E-state index contributed by atoms with van der Waals surface area (Å²) >= 11 is 1.31. The molecule has 0 aliphatic carbocycles. The number of hydrogen-bond donors (Lipinski definition) is 1. The molecule has 0 spiro atoms. The molecule has 2 heterocycles. The Kier molecular flexibility index (Phi) is 3.92. The van der Waals surface area contributed by atoms with E-state index < -0.39 is 11.5 Å². The first-order chi connectivity index (χ1) is 10.9. The molecule has 1 aromatic heterocycles. The lowest BCUT2D eigenvalue weighted by Crippen LogP contribution is -2.42. The molecule has 118 valence electrons. The molecule has 0 bridgehead atoms. The van der Waals surface area contributed by atoms with Gasteiger partial charge in [0.2, 0.25) is 0 Å². The van der Waals surface area contributed by atoms with Crippen LogP contribution in [-0.4, -0.2) is 23.3 Å². The highest BCUT2D eigenvalue weighted by Crippen LogP contribution is 2.43. The summed E-state index contributed by atoms with van der Waals surface area (Å²) < 4.78 is 0. The predicted molar refractivity (Wildman–Crippen MR) is 90.8 cm³/mol. The van der Waals surface area contributed by atoms with Gasteiger partial charge in [-0.15, -0.1) is 11.3 Å². The number of hydrogen-bond acceptors (Lipinski definition) is 4. The Morgan fingerprint density at radius 3 is 2.70 bits per heavy atom. The van der Waals surface area contributed by atoms with E-state index in [0.717, 1.165) is 5.57 Å². The van der Waals surface area contributed by atoms with E-state index in [2.05, 4.69) is 6.58 Å². The van der Waals surface area contributed by atoms with Crippen molar-refractivity contribution in [3.8, 4) is 0 Å². The van der Waals surface area contributed by atoms with Gasteiger partial charge in [-0.05, 0) is 24.4 Å². The minimum absolute atomic E-state index is 0.233. The van der Waals surface area contributed by atoms with Gasteiger partial charge in [-0.25, -0.2) is 0 Å². The monoisotopic (exact) mass is 327 g/mol. The Bertz CT molecular complexity index is 781. The number of fused-ring (bicyclic) bond motifs is 1. The summed E-state index contributed by atoms with van der Waals surface area (Å²) in [6.07, 6.45) is -0.254. The molecule has 1 unspecified atom stereocenters.